The molecule has 0 aromatic heterocycles. The first kappa shape index (κ1) is 16.0. The Bertz CT molecular complexity index is 421. The molecule has 9 heteroatoms. The lowest BCUT2D eigenvalue weighted by molar-refractivity contribution is -0.121. The van der Waals surface area contributed by atoms with E-state index in [1.807, 2.05) is 0 Å². The summed E-state index contributed by atoms with van der Waals surface area (Å²) in [5, 5.41) is 3.22. The maximum absolute atomic E-state index is 12.2. The standard InChI is InChI=1S/C11H20F3N3O2S/c12-11(13,14)8-16-20(18,19)17-6-2-4-10(17)9-3-1-5-15-7-9/h9-10,15-16H,1-8H2. The Morgan fingerprint density at radius 3 is 2.60 bits per heavy atom. The molecule has 2 unspecified atom stereocenters. The molecule has 0 aliphatic carbocycles. The molecule has 0 spiro atoms. The van der Waals surface area contributed by atoms with E-state index in [0.29, 0.717) is 13.0 Å². The first-order chi connectivity index (χ1) is 9.30. The van der Waals surface area contributed by atoms with Crippen molar-refractivity contribution in [1.29, 1.82) is 0 Å². The maximum Gasteiger partial charge on any atom is 0.402 e. The first-order valence-corrected chi connectivity index (χ1v) is 8.27. The number of halogens is 3. The Hall–Kier alpha value is -0.380. The molecular formula is C11H20F3N3O2S. The predicted molar refractivity (Wildman–Crippen MR) is 68.3 cm³/mol. The third-order valence-electron chi connectivity index (χ3n) is 3.89. The van der Waals surface area contributed by atoms with Gasteiger partial charge in [0, 0.05) is 12.6 Å². The third-order valence-corrected chi connectivity index (χ3v) is 5.47. The van der Waals surface area contributed by atoms with E-state index in [-0.39, 0.29) is 12.0 Å². The molecule has 2 rings (SSSR count). The topological polar surface area (TPSA) is 61.4 Å². The largest absolute Gasteiger partial charge is 0.402 e. The van der Waals surface area contributed by atoms with Crippen LogP contribution >= 0.6 is 0 Å². The lowest BCUT2D eigenvalue weighted by atomic mass is 9.91. The van der Waals surface area contributed by atoms with E-state index in [4.69, 9.17) is 0 Å². The molecule has 0 aromatic rings. The molecule has 0 saturated carbocycles. The second-order valence-corrected chi connectivity index (χ2v) is 7.08. The van der Waals surface area contributed by atoms with Crippen molar-refractivity contribution >= 4 is 10.2 Å². The van der Waals surface area contributed by atoms with E-state index in [1.54, 1.807) is 4.72 Å². The molecule has 2 saturated heterocycles. The molecule has 0 aromatic carbocycles. The van der Waals surface area contributed by atoms with Crippen LogP contribution < -0.4 is 10.0 Å². The van der Waals surface area contributed by atoms with Gasteiger partial charge in [0.25, 0.3) is 10.2 Å². The summed E-state index contributed by atoms with van der Waals surface area (Å²) >= 11 is 0. The van der Waals surface area contributed by atoms with Gasteiger partial charge in [0.15, 0.2) is 0 Å². The van der Waals surface area contributed by atoms with Crippen molar-refractivity contribution in [3.63, 3.8) is 0 Å². The molecule has 2 fully saturated rings. The van der Waals surface area contributed by atoms with Gasteiger partial charge in [-0.1, -0.05) is 0 Å². The van der Waals surface area contributed by atoms with E-state index in [0.717, 1.165) is 32.4 Å². The van der Waals surface area contributed by atoms with Gasteiger partial charge in [0.05, 0.1) is 0 Å². The van der Waals surface area contributed by atoms with Crippen LogP contribution in [-0.2, 0) is 10.2 Å². The highest BCUT2D eigenvalue weighted by Crippen LogP contribution is 2.30. The average molecular weight is 315 g/mol. The molecule has 2 N–H and O–H groups in total. The van der Waals surface area contributed by atoms with Crippen LogP contribution in [0.3, 0.4) is 0 Å². The van der Waals surface area contributed by atoms with Crippen molar-refractivity contribution in [3.05, 3.63) is 0 Å². The fourth-order valence-corrected chi connectivity index (χ4v) is 4.51. The zero-order chi connectivity index (χ0) is 14.8. The SMILES string of the molecule is O=S(=O)(NCC(F)(F)F)N1CCCC1C1CCCNC1. The van der Waals surface area contributed by atoms with Gasteiger partial charge in [-0.3, -0.25) is 0 Å². The lowest BCUT2D eigenvalue weighted by Gasteiger charge is -2.33. The summed E-state index contributed by atoms with van der Waals surface area (Å²) in [4.78, 5) is 0. The number of alkyl halides is 3. The molecule has 0 bridgehead atoms. The highest BCUT2D eigenvalue weighted by molar-refractivity contribution is 7.87. The van der Waals surface area contributed by atoms with E-state index in [2.05, 4.69) is 5.32 Å². The van der Waals surface area contributed by atoms with Crippen molar-refractivity contribution in [1.82, 2.24) is 14.3 Å². The Labute approximate surface area is 117 Å². The van der Waals surface area contributed by atoms with Crippen LogP contribution in [0.15, 0.2) is 0 Å². The monoisotopic (exact) mass is 315 g/mol. The highest BCUT2D eigenvalue weighted by Gasteiger charge is 2.40. The normalized spacial score (nSPS) is 29.8. The zero-order valence-electron chi connectivity index (χ0n) is 11.1. The van der Waals surface area contributed by atoms with Crippen LogP contribution in [0.4, 0.5) is 13.2 Å². The summed E-state index contributed by atoms with van der Waals surface area (Å²) in [6.45, 7) is 0.439. The van der Waals surface area contributed by atoms with Crippen molar-refractivity contribution in [2.75, 3.05) is 26.2 Å². The molecule has 2 heterocycles. The summed E-state index contributed by atoms with van der Waals surface area (Å²) < 4.78 is 63.4. The first-order valence-electron chi connectivity index (χ1n) is 6.83. The van der Waals surface area contributed by atoms with E-state index in [1.165, 1.54) is 4.31 Å². The van der Waals surface area contributed by atoms with Gasteiger partial charge < -0.3 is 5.32 Å². The summed E-state index contributed by atoms with van der Waals surface area (Å²) in [5.74, 6) is 0.189. The minimum Gasteiger partial charge on any atom is -0.316 e. The van der Waals surface area contributed by atoms with Crippen LogP contribution in [0.25, 0.3) is 0 Å². The molecule has 118 valence electrons. The van der Waals surface area contributed by atoms with Gasteiger partial charge in [-0.2, -0.15) is 30.6 Å². The molecule has 2 aliphatic rings. The fraction of sp³-hybridized carbons (Fsp3) is 1.00. The third kappa shape index (κ3) is 4.06. The summed E-state index contributed by atoms with van der Waals surface area (Å²) in [7, 11) is -4.06. The van der Waals surface area contributed by atoms with Gasteiger partial charge in [-0.15, -0.1) is 0 Å². The number of nitrogens with zero attached hydrogens (tertiary/aromatic N) is 1. The van der Waals surface area contributed by atoms with Crippen molar-refractivity contribution in [2.24, 2.45) is 5.92 Å². The Morgan fingerprint density at radius 1 is 1.25 bits per heavy atom. The second-order valence-electron chi connectivity index (χ2n) is 5.37. The predicted octanol–water partition coefficient (Wildman–Crippen LogP) is 0.847. The molecule has 0 amide bonds. The highest BCUT2D eigenvalue weighted by atomic mass is 32.2. The van der Waals surface area contributed by atoms with Crippen LogP contribution in [0.1, 0.15) is 25.7 Å². The maximum atomic E-state index is 12.2. The van der Waals surface area contributed by atoms with E-state index >= 15 is 0 Å². The fourth-order valence-electron chi connectivity index (χ4n) is 3.00. The van der Waals surface area contributed by atoms with Gasteiger partial charge >= 0.3 is 6.18 Å². The molecule has 2 aliphatic heterocycles. The van der Waals surface area contributed by atoms with Crippen molar-refractivity contribution in [3.8, 4) is 0 Å². The molecule has 5 nitrogen and oxygen atoms in total. The van der Waals surface area contributed by atoms with E-state index < -0.39 is 22.9 Å². The Morgan fingerprint density at radius 2 is 2.00 bits per heavy atom. The van der Waals surface area contributed by atoms with Crippen LogP contribution in [0, 0.1) is 5.92 Å². The minimum absolute atomic E-state index is 0.187. The molecular weight excluding hydrogens is 295 g/mol. The Balaban J connectivity index is 2.01. The number of hydrogen-bond acceptors (Lipinski definition) is 3. The smallest absolute Gasteiger partial charge is 0.316 e. The minimum atomic E-state index is -4.53. The molecule has 20 heavy (non-hydrogen) atoms. The lowest BCUT2D eigenvalue weighted by Crippen LogP contribution is -2.50. The second kappa shape index (κ2) is 6.17. The average Bonchev–Trinajstić information content (AvgIpc) is 2.87. The summed E-state index contributed by atoms with van der Waals surface area (Å²) in [6.07, 6.45) is -1.21. The number of hydrogen-bond donors (Lipinski definition) is 2. The molecule has 0 radical (unpaired) electrons. The van der Waals surface area contributed by atoms with Crippen molar-refractivity contribution in [2.45, 2.75) is 37.9 Å². The molecule has 2 atom stereocenters. The van der Waals surface area contributed by atoms with Crippen LogP contribution in [0.2, 0.25) is 0 Å². The summed E-state index contributed by atoms with van der Waals surface area (Å²) in [5.41, 5.74) is 0. The van der Waals surface area contributed by atoms with Gasteiger partial charge in [-0.05, 0) is 44.7 Å². The van der Waals surface area contributed by atoms with Gasteiger partial charge in [0.2, 0.25) is 0 Å². The zero-order valence-corrected chi connectivity index (χ0v) is 11.9. The number of piperidine rings is 1. The quantitative estimate of drug-likeness (QED) is 0.808. The van der Waals surface area contributed by atoms with Gasteiger partial charge in [-0.25, -0.2) is 0 Å². The van der Waals surface area contributed by atoms with Gasteiger partial charge in [0.1, 0.15) is 6.54 Å². The Kier molecular flexibility index (Phi) is 4.93. The number of rotatable bonds is 4. The van der Waals surface area contributed by atoms with Crippen LogP contribution in [-0.4, -0.2) is 51.1 Å². The van der Waals surface area contributed by atoms with Crippen molar-refractivity contribution < 1.29 is 21.6 Å². The van der Waals surface area contributed by atoms with E-state index in [9.17, 15) is 21.6 Å². The number of nitrogens with one attached hydrogen (secondary N) is 2. The van der Waals surface area contributed by atoms with Crippen LogP contribution in [0.5, 0.6) is 0 Å². The summed E-state index contributed by atoms with van der Waals surface area (Å²) in [6, 6.07) is -0.187.